The fraction of sp³-hybridized carbons (Fsp3) is 0.312. The molecule has 3 nitrogen and oxygen atoms in total. The highest BCUT2D eigenvalue weighted by atomic mass is 16.5. The summed E-state index contributed by atoms with van der Waals surface area (Å²) in [5.41, 5.74) is 0.308. The summed E-state index contributed by atoms with van der Waals surface area (Å²) in [5, 5.41) is 11.1. The zero-order valence-electron chi connectivity index (χ0n) is 11.3. The molecule has 1 aromatic carbocycles. The van der Waals surface area contributed by atoms with Crippen molar-refractivity contribution in [2.75, 3.05) is 7.11 Å². The minimum Gasteiger partial charge on any atom is -0.495 e. The lowest BCUT2D eigenvalue weighted by Gasteiger charge is -2.29. The van der Waals surface area contributed by atoms with Crippen LogP contribution in [0.25, 0.3) is 0 Å². The van der Waals surface area contributed by atoms with Crippen molar-refractivity contribution in [2.45, 2.75) is 25.4 Å². The van der Waals surface area contributed by atoms with Crippen LogP contribution in [0.3, 0.4) is 0 Å². The molecule has 2 aromatic rings. The largest absolute Gasteiger partial charge is 0.495 e. The summed E-state index contributed by atoms with van der Waals surface area (Å²) in [4.78, 5) is 4.34. The molecule has 0 saturated carbocycles. The average molecular weight is 257 g/mol. The molecule has 1 heterocycles. The standard InChI is InChI=1S/C16H19NO2/c1-3-11-16(18,13-8-5-4-6-9-13)15-14(19-2)10-7-12-17-15/h4-10,12,18H,3,11H2,1-2H3. The Hall–Kier alpha value is -1.87. The second-order valence-corrected chi connectivity index (χ2v) is 4.53. The van der Waals surface area contributed by atoms with Crippen LogP contribution in [-0.2, 0) is 5.60 Å². The number of hydrogen-bond donors (Lipinski definition) is 1. The number of hydrogen-bond acceptors (Lipinski definition) is 3. The van der Waals surface area contributed by atoms with Gasteiger partial charge in [-0.25, -0.2) is 0 Å². The van der Waals surface area contributed by atoms with Crippen LogP contribution >= 0.6 is 0 Å². The van der Waals surface area contributed by atoms with E-state index in [0.717, 1.165) is 12.0 Å². The van der Waals surface area contributed by atoms with Gasteiger partial charge in [-0.2, -0.15) is 0 Å². The maximum atomic E-state index is 11.1. The van der Waals surface area contributed by atoms with E-state index in [1.165, 1.54) is 0 Å². The number of methoxy groups -OCH3 is 1. The quantitative estimate of drug-likeness (QED) is 0.894. The summed E-state index contributed by atoms with van der Waals surface area (Å²) in [6, 6.07) is 13.3. The Kier molecular flexibility index (Phi) is 4.17. The maximum absolute atomic E-state index is 11.1. The van der Waals surface area contributed by atoms with Gasteiger partial charge in [0.05, 0.1) is 7.11 Å². The van der Waals surface area contributed by atoms with Gasteiger partial charge >= 0.3 is 0 Å². The van der Waals surface area contributed by atoms with Crippen molar-refractivity contribution in [2.24, 2.45) is 0 Å². The molecular formula is C16H19NO2. The first-order valence-electron chi connectivity index (χ1n) is 6.49. The molecule has 2 rings (SSSR count). The van der Waals surface area contributed by atoms with E-state index in [-0.39, 0.29) is 0 Å². The molecule has 0 aliphatic rings. The monoisotopic (exact) mass is 257 g/mol. The Labute approximate surface area is 113 Å². The van der Waals surface area contributed by atoms with Crippen LogP contribution in [0.2, 0.25) is 0 Å². The van der Waals surface area contributed by atoms with Crippen molar-refractivity contribution in [3.05, 3.63) is 59.9 Å². The third-order valence-electron chi connectivity index (χ3n) is 3.25. The van der Waals surface area contributed by atoms with Gasteiger partial charge in [-0.05, 0) is 24.1 Å². The SMILES string of the molecule is CCCC(O)(c1ccccc1)c1ncccc1OC. The minimum absolute atomic E-state index is 0.575. The van der Waals surface area contributed by atoms with Crippen molar-refractivity contribution in [1.82, 2.24) is 4.98 Å². The Balaban J connectivity index is 2.56. The summed E-state index contributed by atoms with van der Waals surface area (Å²) >= 11 is 0. The van der Waals surface area contributed by atoms with Crippen LogP contribution in [0.4, 0.5) is 0 Å². The number of rotatable bonds is 5. The highest BCUT2D eigenvalue weighted by molar-refractivity contribution is 5.40. The molecule has 0 spiro atoms. The molecule has 1 aromatic heterocycles. The van der Waals surface area contributed by atoms with Crippen LogP contribution in [-0.4, -0.2) is 17.2 Å². The van der Waals surface area contributed by atoms with Crippen molar-refractivity contribution in [3.63, 3.8) is 0 Å². The molecule has 0 bridgehead atoms. The molecular weight excluding hydrogens is 238 g/mol. The van der Waals surface area contributed by atoms with Gasteiger partial charge in [0.2, 0.25) is 0 Å². The molecule has 0 radical (unpaired) electrons. The molecule has 0 aliphatic carbocycles. The predicted octanol–water partition coefficient (Wildman–Crippen LogP) is 3.13. The lowest BCUT2D eigenvalue weighted by Crippen LogP contribution is -2.29. The first kappa shape index (κ1) is 13.6. The van der Waals surface area contributed by atoms with Crippen molar-refractivity contribution < 1.29 is 9.84 Å². The molecule has 1 unspecified atom stereocenters. The van der Waals surface area contributed by atoms with Crippen LogP contribution in [0.5, 0.6) is 5.75 Å². The smallest absolute Gasteiger partial charge is 0.143 e. The lowest BCUT2D eigenvalue weighted by molar-refractivity contribution is 0.0627. The minimum atomic E-state index is -1.11. The van der Waals surface area contributed by atoms with Gasteiger partial charge in [0.25, 0.3) is 0 Å². The van der Waals surface area contributed by atoms with Gasteiger partial charge in [-0.15, -0.1) is 0 Å². The lowest BCUT2D eigenvalue weighted by atomic mass is 9.85. The Morgan fingerprint density at radius 2 is 1.89 bits per heavy atom. The summed E-state index contributed by atoms with van der Waals surface area (Å²) < 4.78 is 5.34. The fourth-order valence-corrected chi connectivity index (χ4v) is 2.34. The normalized spacial score (nSPS) is 13.8. The third kappa shape index (κ3) is 2.61. The molecule has 0 aliphatic heterocycles. The number of aromatic nitrogens is 1. The molecule has 3 heteroatoms. The van der Waals surface area contributed by atoms with Gasteiger partial charge in [-0.1, -0.05) is 43.7 Å². The van der Waals surface area contributed by atoms with Crippen molar-refractivity contribution >= 4 is 0 Å². The molecule has 0 saturated heterocycles. The van der Waals surface area contributed by atoms with Crippen molar-refractivity contribution in [3.8, 4) is 5.75 Å². The average Bonchev–Trinajstić information content (AvgIpc) is 2.48. The second kappa shape index (κ2) is 5.85. The summed E-state index contributed by atoms with van der Waals surface area (Å²) in [6.45, 7) is 2.04. The van der Waals surface area contributed by atoms with E-state index in [2.05, 4.69) is 4.98 Å². The number of aliphatic hydroxyl groups is 1. The van der Waals surface area contributed by atoms with Crippen molar-refractivity contribution in [1.29, 1.82) is 0 Å². The molecule has 0 amide bonds. The van der Waals surface area contributed by atoms with Gasteiger partial charge in [0.15, 0.2) is 0 Å². The molecule has 1 N–H and O–H groups in total. The molecule has 100 valence electrons. The zero-order chi connectivity index (χ0) is 13.7. The number of nitrogens with zero attached hydrogens (tertiary/aromatic N) is 1. The van der Waals surface area contributed by atoms with Crippen LogP contribution in [0.1, 0.15) is 31.0 Å². The van der Waals surface area contributed by atoms with Gasteiger partial charge in [-0.3, -0.25) is 4.98 Å². The van der Waals surface area contributed by atoms with Gasteiger partial charge in [0.1, 0.15) is 17.0 Å². The fourth-order valence-electron chi connectivity index (χ4n) is 2.34. The van der Waals surface area contributed by atoms with Gasteiger partial charge in [0, 0.05) is 6.20 Å². The second-order valence-electron chi connectivity index (χ2n) is 4.53. The molecule has 1 atom stereocenters. The topological polar surface area (TPSA) is 42.4 Å². The van der Waals surface area contributed by atoms with E-state index in [1.54, 1.807) is 19.4 Å². The highest BCUT2D eigenvalue weighted by Crippen LogP contribution is 2.37. The van der Waals surface area contributed by atoms with E-state index >= 15 is 0 Å². The van der Waals surface area contributed by atoms with E-state index in [4.69, 9.17) is 4.74 Å². The van der Waals surface area contributed by atoms with E-state index in [1.807, 2.05) is 43.3 Å². The maximum Gasteiger partial charge on any atom is 0.143 e. The molecule has 0 fully saturated rings. The summed E-state index contributed by atoms with van der Waals surface area (Å²) in [7, 11) is 1.60. The van der Waals surface area contributed by atoms with E-state index in [0.29, 0.717) is 17.9 Å². The Morgan fingerprint density at radius 3 is 2.53 bits per heavy atom. The first-order valence-corrected chi connectivity index (χ1v) is 6.49. The van der Waals surface area contributed by atoms with Crippen LogP contribution in [0.15, 0.2) is 48.7 Å². The highest BCUT2D eigenvalue weighted by Gasteiger charge is 2.34. The number of ether oxygens (including phenoxy) is 1. The summed E-state index contributed by atoms with van der Waals surface area (Å²) in [5.74, 6) is 0.613. The zero-order valence-corrected chi connectivity index (χ0v) is 11.3. The summed E-state index contributed by atoms with van der Waals surface area (Å²) in [6.07, 6.45) is 3.14. The number of pyridine rings is 1. The van der Waals surface area contributed by atoms with Crippen LogP contribution in [0, 0.1) is 0 Å². The molecule has 19 heavy (non-hydrogen) atoms. The van der Waals surface area contributed by atoms with Crippen LogP contribution < -0.4 is 4.74 Å². The van der Waals surface area contributed by atoms with E-state index in [9.17, 15) is 5.11 Å². The first-order chi connectivity index (χ1) is 9.22. The van der Waals surface area contributed by atoms with Gasteiger partial charge < -0.3 is 9.84 Å². The van der Waals surface area contributed by atoms with E-state index < -0.39 is 5.60 Å². The predicted molar refractivity (Wildman–Crippen MR) is 75.1 cm³/mol. The third-order valence-corrected chi connectivity index (χ3v) is 3.25. The Bertz CT molecular complexity index is 527. The number of benzene rings is 1. The Morgan fingerprint density at radius 1 is 1.16 bits per heavy atom.